The highest BCUT2D eigenvalue weighted by atomic mass is 16.4. The third kappa shape index (κ3) is 6.38. The number of carboxylic acids is 1. The minimum Gasteiger partial charge on any atom is -0.481 e. The molecular formula is C11H20O2. The second kappa shape index (κ2) is 6.70. The normalized spacial score (nSPS) is 14.9. The molecule has 0 aromatic carbocycles. The summed E-state index contributed by atoms with van der Waals surface area (Å²) in [5, 5.41) is 8.65. The van der Waals surface area contributed by atoms with E-state index in [1.54, 1.807) is 6.92 Å². The maximum Gasteiger partial charge on any atom is 0.306 e. The summed E-state index contributed by atoms with van der Waals surface area (Å²) < 4.78 is 0. The average molecular weight is 184 g/mol. The molecule has 0 bridgehead atoms. The summed E-state index contributed by atoms with van der Waals surface area (Å²) in [6, 6.07) is 0. The van der Waals surface area contributed by atoms with Crippen molar-refractivity contribution in [2.75, 3.05) is 0 Å². The molecule has 0 spiro atoms. The Labute approximate surface area is 80.7 Å². The molecule has 1 N–H and O–H groups in total. The van der Waals surface area contributed by atoms with Crippen LogP contribution in [0.3, 0.4) is 0 Å². The van der Waals surface area contributed by atoms with Gasteiger partial charge in [0.15, 0.2) is 0 Å². The molecule has 0 rings (SSSR count). The quantitative estimate of drug-likeness (QED) is 0.617. The van der Waals surface area contributed by atoms with Gasteiger partial charge in [-0.3, -0.25) is 4.79 Å². The van der Waals surface area contributed by atoms with E-state index in [-0.39, 0.29) is 5.92 Å². The highest BCUT2D eigenvalue weighted by molar-refractivity contribution is 5.69. The molecule has 0 aliphatic rings. The minimum absolute atomic E-state index is 0.203. The van der Waals surface area contributed by atoms with Crippen LogP contribution in [-0.4, -0.2) is 11.1 Å². The van der Waals surface area contributed by atoms with Gasteiger partial charge in [-0.25, -0.2) is 0 Å². The summed E-state index contributed by atoms with van der Waals surface area (Å²) in [5.41, 5.74) is 0. The van der Waals surface area contributed by atoms with E-state index in [2.05, 4.69) is 13.5 Å². The van der Waals surface area contributed by atoms with Crippen LogP contribution < -0.4 is 0 Å². The Morgan fingerprint density at radius 2 is 2.00 bits per heavy atom. The molecule has 0 amide bonds. The fourth-order valence-corrected chi connectivity index (χ4v) is 1.20. The van der Waals surface area contributed by atoms with Gasteiger partial charge in [0.1, 0.15) is 0 Å². The topological polar surface area (TPSA) is 37.3 Å². The average Bonchev–Trinajstić information content (AvgIpc) is 2.10. The zero-order chi connectivity index (χ0) is 10.3. The van der Waals surface area contributed by atoms with Crippen LogP contribution in [0.4, 0.5) is 0 Å². The molecule has 2 atom stereocenters. The smallest absolute Gasteiger partial charge is 0.306 e. The number of hydrogen-bond donors (Lipinski definition) is 1. The molecule has 0 saturated heterocycles. The molecule has 13 heavy (non-hydrogen) atoms. The molecular weight excluding hydrogens is 164 g/mol. The molecule has 1 unspecified atom stereocenters. The van der Waals surface area contributed by atoms with Crippen molar-refractivity contribution in [3.05, 3.63) is 12.7 Å². The zero-order valence-corrected chi connectivity index (χ0v) is 8.62. The molecule has 0 aromatic rings. The number of rotatable bonds is 7. The summed E-state index contributed by atoms with van der Waals surface area (Å²) in [6.07, 6.45) is 5.85. The molecule has 2 nitrogen and oxygen atoms in total. The van der Waals surface area contributed by atoms with Crippen LogP contribution in [0.2, 0.25) is 0 Å². The molecule has 76 valence electrons. The molecule has 2 heteroatoms. The maximum atomic E-state index is 10.5. The van der Waals surface area contributed by atoms with Crippen molar-refractivity contribution in [2.45, 2.75) is 39.5 Å². The molecule has 0 aliphatic heterocycles. The Bertz CT molecular complexity index is 163. The van der Waals surface area contributed by atoms with Crippen LogP contribution in [0.5, 0.6) is 0 Å². The standard InChI is InChI=1S/C11H20O2/c1-4-5-6-9(2)7-8-10(3)11(12)13/h4,9-10H,1,5-8H2,2-3H3,(H,12,13)/t9-,10?/m1/s1. The molecule has 0 heterocycles. The zero-order valence-electron chi connectivity index (χ0n) is 8.62. The Hall–Kier alpha value is -0.790. The first-order valence-electron chi connectivity index (χ1n) is 4.91. The van der Waals surface area contributed by atoms with Crippen molar-refractivity contribution in [2.24, 2.45) is 11.8 Å². The van der Waals surface area contributed by atoms with Gasteiger partial charge in [0.25, 0.3) is 0 Å². The molecule has 0 fully saturated rings. The SMILES string of the molecule is C=CCC[C@@H](C)CCC(C)C(=O)O. The first kappa shape index (κ1) is 12.2. The molecule has 0 radical (unpaired) electrons. The summed E-state index contributed by atoms with van der Waals surface area (Å²) >= 11 is 0. The number of hydrogen-bond acceptors (Lipinski definition) is 1. The van der Waals surface area contributed by atoms with Gasteiger partial charge in [-0.15, -0.1) is 6.58 Å². The van der Waals surface area contributed by atoms with E-state index in [4.69, 9.17) is 5.11 Å². The lowest BCUT2D eigenvalue weighted by Gasteiger charge is -2.11. The monoisotopic (exact) mass is 184 g/mol. The fraction of sp³-hybridized carbons (Fsp3) is 0.727. The Balaban J connectivity index is 3.50. The van der Waals surface area contributed by atoms with Gasteiger partial charge in [-0.1, -0.05) is 19.9 Å². The Morgan fingerprint density at radius 1 is 1.38 bits per heavy atom. The van der Waals surface area contributed by atoms with E-state index in [9.17, 15) is 4.79 Å². The van der Waals surface area contributed by atoms with Crippen molar-refractivity contribution < 1.29 is 9.90 Å². The maximum absolute atomic E-state index is 10.5. The van der Waals surface area contributed by atoms with Crippen LogP contribution in [0.1, 0.15) is 39.5 Å². The van der Waals surface area contributed by atoms with Crippen LogP contribution >= 0.6 is 0 Å². The van der Waals surface area contributed by atoms with Gasteiger partial charge in [0, 0.05) is 0 Å². The Kier molecular flexibility index (Phi) is 6.29. The van der Waals surface area contributed by atoms with Gasteiger partial charge < -0.3 is 5.11 Å². The number of carboxylic acid groups (broad SMARTS) is 1. The third-order valence-electron chi connectivity index (χ3n) is 2.38. The molecule has 0 aromatic heterocycles. The van der Waals surface area contributed by atoms with Crippen LogP contribution in [0, 0.1) is 11.8 Å². The van der Waals surface area contributed by atoms with Crippen molar-refractivity contribution in [3.8, 4) is 0 Å². The number of allylic oxidation sites excluding steroid dienone is 1. The van der Waals surface area contributed by atoms with Gasteiger partial charge in [0.05, 0.1) is 5.92 Å². The summed E-state index contributed by atoms with van der Waals surface area (Å²) in [5.74, 6) is -0.276. The van der Waals surface area contributed by atoms with E-state index < -0.39 is 5.97 Å². The lowest BCUT2D eigenvalue weighted by atomic mass is 9.95. The highest BCUT2D eigenvalue weighted by Gasteiger charge is 2.11. The van der Waals surface area contributed by atoms with Gasteiger partial charge in [0.2, 0.25) is 0 Å². The van der Waals surface area contributed by atoms with E-state index in [1.165, 1.54) is 0 Å². The van der Waals surface area contributed by atoms with Gasteiger partial charge in [-0.2, -0.15) is 0 Å². The molecule has 0 saturated carbocycles. The van der Waals surface area contributed by atoms with E-state index >= 15 is 0 Å². The predicted molar refractivity (Wildman–Crippen MR) is 54.6 cm³/mol. The summed E-state index contributed by atoms with van der Waals surface area (Å²) in [4.78, 5) is 10.5. The largest absolute Gasteiger partial charge is 0.481 e. The summed E-state index contributed by atoms with van der Waals surface area (Å²) in [6.45, 7) is 7.59. The van der Waals surface area contributed by atoms with Crippen molar-refractivity contribution in [1.82, 2.24) is 0 Å². The van der Waals surface area contributed by atoms with E-state index in [0.29, 0.717) is 5.92 Å². The second-order valence-electron chi connectivity index (χ2n) is 3.79. The van der Waals surface area contributed by atoms with Crippen molar-refractivity contribution in [3.63, 3.8) is 0 Å². The van der Waals surface area contributed by atoms with Crippen LogP contribution in [0.15, 0.2) is 12.7 Å². The van der Waals surface area contributed by atoms with Crippen LogP contribution in [-0.2, 0) is 4.79 Å². The second-order valence-corrected chi connectivity index (χ2v) is 3.79. The lowest BCUT2D eigenvalue weighted by molar-refractivity contribution is -0.141. The fourth-order valence-electron chi connectivity index (χ4n) is 1.20. The number of aliphatic carboxylic acids is 1. The lowest BCUT2D eigenvalue weighted by Crippen LogP contribution is -2.10. The van der Waals surface area contributed by atoms with Crippen LogP contribution in [0.25, 0.3) is 0 Å². The number of carbonyl (C=O) groups is 1. The van der Waals surface area contributed by atoms with Gasteiger partial charge >= 0.3 is 5.97 Å². The Morgan fingerprint density at radius 3 is 2.46 bits per heavy atom. The third-order valence-corrected chi connectivity index (χ3v) is 2.38. The van der Waals surface area contributed by atoms with Crippen molar-refractivity contribution in [1.29, 1.82) is 0 Å². The molecule has 0 aliphatic carbocycles. The minimum atomic E-state index is -0.684. The predicted octanol–water partition coefficient (Wildman–Crippen LogP) is 3.09. The first-order chi connectivity index (χ1) is 6.07. The van der Waals surface area contributed by atoms with Crippen molar-refractivity contribution >= 4 is 5.97 Å². The summed E-state index contributed by atoms with van der Waals surface area (Å²) in [7, 11) is 0. The van der Waals surface area contributed by atoms with E-state index in [1.807, 2.05) is 6.08 Å². The van der Waals surface area contributed by atoms with Gasteiger partial charge in [-0.05, 0) is 31.6 Å². The van der Waals surface area contributed by atoms with E-state index in [0.717, 1.165) is 25.7 Å². The first-order valence-corrected chi connectivity index (χ1v) is 4.91. The highest BCUT2D eigenvalue weighted by Crippen LogP contribution is 2.16.